The van der Waals surface area contributed by atoms with Crippen molar-refractivity contribution in [2.45, 2.75) is 19.9 Å². The third-order valence-electron chi connectivity index (χ3n) is 1.74. The summed E-state index contributed by atoms with van der Waals surface area (Å²) in [6, 6.07) is -0.0380. The first-order valence-electron chi connectivity index (χ1n) is 5.04. The summed E-state index contributed by atoms with van der Waals surface area (Å²) in [6.07, 6.45) is 0. The molecule has 1 unspecified atom stereocenters. The van der Waals surface area contributed by atoms with Crippen LogP contribution in [-0.4, -0.2) is 42.4 Å². The van der Waals surface area contributed by atoms with E-state index in [0.717, 1.165) is 6.54 Å². The standard InChI is InChI=1S/C9H16N4O2S/c1-4-10-9-13-12-8(16-9)7(14)11-6(2)5-15-3/h6H,4-5H2,1-3H3,(H,10,13)(H,11,14). The molecule has 2 N–H and O–H groups in total. The van der Waals surface area contributed by atoms with E-state index in [4.69, 9.17) is 4.74 Å². The van der Waals surface area contributed by atoms with E-state index in [-0.39, 0.29) is 11.9 Å². The molecule has 0 radical (unpaired) electrons. The van der Waals surface area contributed by atoms with E-state index in [1.54, 1.807) is 7.11 Å². The number of aromatic nitrogens is 2. The van der Waals surface area contributed by atoms with Crippen LogP contribution in [-0.2, 0) is 4.74 Å². The fraction of sp³-hybridized carbons (Fsp3) is 0.667. The largest absolute Gasteiger partial charge is 0.383 e. The summed E-state index contributed by atoms with van der Waals surface area (Å²) in [5.74, 6) is -0.216. The van der Waals surface area contributed by atoms with Crippen LogP contribution in [0.4, 0.5) is 5.13 Å². The maximum absolute atomic E-state index is 11.7. The lowest BCUT2D eigenvalue weighted by atomic mass is 10.3. The summed E-state index contributed by atoms with van der Waals surface area (Å²) < 4.78 is 4.92. The molecule has 7 heteroatoms. The van der Waals surface area contributed by atoms with E-state index < -0.39 is 0 Å². The highest BCUT2D eigenvalue weighted by Crippen LogP contribution is 2.14. The number of anilines is 1. The Morgan fingerprint density at radius 2 is 2.31 bits per heavy atom. The zero-order chi connectivity index (χ0) is 12.0. The highest BCUT2D eigenvalue weighted by atomic mass is 32.1. The van der Waals surface area contributed by atoms with E-state index in [1.807, 2.05) is 13.8 Å². The summed E-state index contributed by atoms with van der Waals surface area (Å²) in [7, 11) is 1.59. The summed E-state index contributed by atoms with van der Waals surface area (Å²) in [4.78, 5) is 11.7. The molecule has 0 saturated heterocycles. The number of rotatable bonds is 6. The first kappa shape index (κ1) is 12.9. The number of carbonyl (C=O) groups is 1. The van der Waals surface area contributed by atoms with Gasteiger partial charge in [-0.3, -0.25) is 4.79 Å². The Morgan fingerprint density at radius 1 is 1.56 bits per heavy atom. The second kappa shape index (κ2) is 6.39. The van der Waals surface area contributed by atoms with E-state index in [9.17, 15) is 4.79 Å². The van der Waals surface area contributed by atoms with Crippen molar-refractivity contribution in [2.24, 2.45) is 0 Å². The highest BCUT2D eigenvalue weighted by Gasteiger charge is 2.14. The van der Waals surface area contributed by atoms with Gasteiger partial charge in [0, 0.05) is 19.7 Å². The van der Waals surface area contributed by atoms with Gasteiger partial charge in [-0.1, -0.05) is 11.3 Å². The molecule has 1 amide bonds. The van der Waals surface area contributed by atoms with Crippen molar-refractivity contribution in [2.75, 3.05) is 25.6 Å². The van der Waals surface area contributed by atoms with E-state index in [2.05, 4.69) is 20.8 Å². The quantitative estimate of drug-likeness (QED) is 0.771. The van der Waals surface area contributed by atoms with E-state index in [0.29, 0.717) is 16.7 Å². The number of nitrogens with one attached hydrogen (secondary N) is 2. The van der Waals surface area contributed by atoms with Gasteiger partial charge < -0.3 is 15.4 Å². The Morgan fingerprint density at radius 3 is 2.94 bits per heavy atom. The maximum Gasteiger partial charge on any atom is 0.282 e. The number of methoxy groups -OCH3 is 1. The Kier molecular flexibility index (Phi) is 5.13. The minimum absolute atomic E-state index is 0.0380. The fourth-order valence-corrected chi connectivity index (χ4v) is 1.83. The van der Waals surface area contributed by atoms with Gasteiger partial charge >= 0.3 is 0 Å². The summed E-state index contributed by atoms with van der Waals surface area (Å²) in [6.45, 7) is 5.07. The molecule has 0 aliphatic carbocycles. The second-order valence-corrected chi connectivity index (χ2v) is 4.25. The van der Waals surface area contributed by atoms with Gasteiger partial charge in [-0.05, 0) is 13.8 Å². The summed E-state index contributed by atoms with van der Waals surface area (Å²) in [5.41, 5.74) is 0. The van der Waals surface area contributed by atoms with Crippen molar-refractivity contribution >= 4 is 22.4 Å². The van der Waals surface area contributed by atoms with Crippen LogP contribution in [0.15, 0.2) is 0 Å². The zero-order valence-corrected chi connectivity index (χ0v) is 10.4. The van der Waals surface area contributed by atoms with Crippen molar-refractivity contribution in [3.8, 4) is 0 Å². The number of hydrogen-bond donors (Lipinski definition) is 2. The average Bonchev–Trinajstić information content (AvgIpc) is 2.67. The van der Waals surface area contributed by atoms with Crippen molar-refractivity contribution < 1.29 is 9.53 Å². The number of hydrogen-bond acceptors (Lipinski definition) is 6. The molecule has 90 valence electrons. The van der Waals surface area contributed by atoms with Crippen LogP contribution in [0, 0.1) is 0 Å². The lowest BCUT2D eigenvalue weighted by Gasteiger charge is -2.10. The second-order valence-electron chi connectivity index (χ2n) is 3.27. The molecule has 0 saturated carbocycles. The van der Waals surface area contributed by atoms with Gasteiger partial charge in [-0.2, -0.15) is 0 Å². The fourth-order valence-electron chi connectivity index (χ4n) is 1.11. The minimum atomic E-state index is -0.216. The highest BCUT2D eigenvalue weighted by molar-refractivity contribution is 7.17. The third-order valence-corrected chi connectivity index (χ3v) is 2.62. The van der Waals surface area contributed by atoms with E-state index >= 15 is 0 Å². The molecule has 0 aliphatic heterocycles. The van der Waals surface area contributed by atoms with Crippen molar-refractivity contribution in [1.82, 2.24) is 15.5 Å². The monoisotopic (exact) mass is 244 g/mol. The molecule has 1 atom stereocenters. The molecular weight excluding hydrogens is 228 g/mol. The van der Waals surface area contributed by atoms with Crippen molar-refractivity contribution in [3.05, 3.63) is 5.01 Å². The molecule has 0 fully saturated rings. The first-order valence-corrected chi connectivity index (χ1v) is 5.86. The normalized spacial score (nSPS) is 12.2. The van der Waals surface area contributed by atoms with Crippen LogP contribution in [0.2, 0.25) is 0 Å². The Bertz CT molecular complexity index is 342. The lowest BCUT2D eigenvalue weighted by molar-refractivity contribution is 0.0904. The zero-order valence-electron chi connectivity index (χ0n) is 9.61. The van der Waals surface area contributed by atoms with Crippen LogP contribution in [0.1, 0.15) is 23.6 Å². The average molecular weight is 244 g/mol. The van der Waals surface area contributed by atoms with Crippen LogP contribution < -0.4 is 10.6 Å². The summed E-state index contributed by atoms with van der Waals surface area (Å²) in [5, 5.41) is 14.4. The Balaban J connectivity index is 2.52. The topological polar surface area (TPSA) is 76.1 Å². The molecule has 1 rings (SSSR count). The smallest absolute Gasteiger partial charge is 0.282 e. The SMILES string of the molecule is CCNc1nnc(C(=O)NC(C)COC)s1. The van der Waals surface area contributed by atoms with E-state index in [1.165, 1.54) is 11.3 Å². The van der Waals surface area contributed by atoms with Gasteiger partial charge in [0.25, 0.3) is 5.91 Å². The first-order chi connectivity index (χ1) is 7.67. The molecule has 0 aromatic carbocycles. The predicted octanol–water partition coefficient (Wildman–Crippen LogP) is 0.735. The van der Waals surface area contributed by atoms with Crippen LogP contribution >= 0.6 is 11.3 Å². The van der Waals surface area contributed by atoms with Crippen LogP contribution in [0.5, 0.6) is 0 Å². The molecular formula is C9H16N4O2S. The van der Waals surface area contributed by atoms with Crippen LogP contribution in [0.25, 0.3) is 0 Å². The molecule has 16 heavy (non-hydrogen) atoms. The molecule has 0 aliphatic rings. The molecule has 1 aromatic rings. The molecule has 1 aromatic heterocycles. The van der Waals surface area contributed by atoms with Gasteiger partial charge in [0.2, 0.25) is 10.1 Å². The minimum Gasteiger partial charge on any atom is -0.383 e. The molecule has 0 spiro atoms. The number of nitrogens with zero attached hydrogens (tertiary/aromatic N) is 2. The van der Waals surface area contributed by atoms with Gasteiger partial charge in [0.05, 0.1) is 6.61 Å². The number of amides is 1. The number of carbonyl (C=O) groups excluding carboxylic acids is 1. The van der Waals surface area contributed by atoms with Gasteiger partial charge in [-0.15, -0.1) is 10.2 Å². The Labute approximate surface area is 98.4 Å². The molecule has 1 heterocycles. The van der Waals surface area contributed by atoms with Crippen LogP contribution in [0.3, 0.4) is 0 Å². The lowest BCUT2D eigenvalue weighted by Crippen LogP contribution is -2.35. The molecule has 0 bridgehead atoms. The Hall–Kier alpha value is -1.21. The maximum atomic E-state index is 11.7. The molecule has 6 nitrogen and oxygen atoms in total. The van der Waals surface area contributed by atoms with Gasteiger partial charge in [-0.25, -0.2) is 0 Å². The number of ether oxygens (including phenoxy) is 1. The third kappa shape index (κ3) is 3.74. The summed E-state index contributed by atoms with van der Waals surface area (Å²) >= 11 is 1.24. The van der Waals surface area contributed by atoms with Gasteiger partial charge in [0.1, 0.15) is 0 Å². The van der Waals surface area contributed by atoms with Gasteiger partial charge in [0.15, 0.2) is 0 Å². The predicted molar refractivity (Wildman–Crippen MR) is 62.9 cm³/mol. The van der Waals surface area contributed by atoms with Crippen molar-refractivity contribution in [1.29, 1.82) is 0 Å². The van der Waals surface area contributed by atoms with Crippen molar-refractivity contribution in [3.63, 3.8) is 0 Å².